The van der Waals surface area contributed by atoms with E-state index < -0.39 is 11.5 Å². The van der Waals surface area contributed by atoms with E-state index >= 15 is 0 Å². The quantitative estimate of drug-likeness (QED) is 0.694. The van der Waals surface area contributed by atoms with Gasteiger partial charge in [0.1, 0.15) is 11.2 Å². The molecule has 1 saturated carbocycles. The van der Waals surface area contributed by atoms with E-state index in [1.807, 2.05) is 12.1 Å². The summed E-state index contributed by atoms with van der Waals surface area (Å²) in [6.45, 7) is 2.11. The van der Waals surface area contributed by atoms with Crippen LogP contribution >= 0.6 is 11.6 Å². The molecule has 1 aromatic heterocycles. The molecule has 1 aliphatic heterocycles. The molecule has 1 aliphatic carbocycles. The molecular weight excluding hydrogens is 432 g/mol. The number of halogens is 1. The van der Waals surface area contributed by atoms with Crippen LogP contribution < -0.4 is 5.32 Å². The van der Waals surface area contributed by atoms with Crippen LogP contribution in [0.2, 0.25) is 5.02 Å². The maximum atomic E-state index is 13.5. The minimum absolute atomic E-state index is 0.0410. The van der Waals surface area contributed by atoms with Crippen molar-refractivity contribution >= 4 is 29.4 Å². The summed E-state index contributed by atoms with van der Waals surface area (Å²) in [5.74, 6) is -1.21. The van der Waals surface area contributed by atoms with Gasteiger partial charge in [-0.15, -0.1) is 0 Å². The predicted molar refractivity (Wildman–Crippen MR) is 118 cm³/mol. The van der Waals surface area contributed by atoms with Gasteiger partial charge in [0.2, 0.25) is 5.91 Å². The molecule has 1 atom stereocenters. The fourth-order valence-electron chi connectivity index (χ4n) is 4.45. The Labute approximate surface area is 191 Å². The molecule has 4 rings (SSSR count). The van der Waals surface area contributed by atoms with Gasteiger partial charge in [0.15, 0.2) is 5.69 Å². The Morgan fingerprint density at radius 2 is 1.91 bits per heavy atom. The molecule has 1 N–H and O–H groups in total. The monoisotopic (exact) mass is 458 g/mol. The molecule has 0 unspecified atom stereocenters. The molecule has 1 aromatic carbocycles. The minimum Gasteiger partial charge on any atom is -0.464 e. The van der Waals surface area contributed by atoms with Gasteiger partial charge in [-0.1, -0.05) is 43.0 Å². The largest absolute Gasteiger partial charge is 0.464 e. The van der Waals surface area contributed by atoms with Crippen LogP contribution in [0.15, 0.2) is 30.3 Å². The molecule has 0 spiro atoms. The van der Waals surface area contributed by atoms with Crippen LogP contribution in [-0.2, 0) is 22.6 Å². The van der Waals surface area contributed by atoms with E-state index in [0.717, 1.165) is 31.2 Å². The molecule has 2 aliphatic rings. The van der Waals surface area contributed by atoms with E-state index in [-0.39, 0.29) is 42.3 Å². The average molecular weight is 459 g/mol. The van der Waals surface area contributed by atoms with Crippen molar-refractivity contribution in [1.29, 1.82) is 0 Å². The third-order valence-corrected chi connectivity index (χ3v) is 6.63. The lowest BCUT2D eigenvalue weighted by atomic mass is 9.91. The average Bonchev–Trinajstić information content (AvgIpc) is 3.22. The van der Waals surface area contributed by atoms with Gasteiger partial charge < -0.3 is 15.0 Å². The number of nitrogens with zero attached hydrogens (tertiary/aromatic N) is 3. The number of carbonyl (C=O) groups excluding carboxylic acids is 3. The highest BCUT2D eigenvalue weighted by atomic mass is 35.5. The van der Waals surface area contributed by atoms with Crippen molar-refractivity contribution < 1.29 is 19.1 Å². The van der Waals surface area contributed by atoms with E-state index in [2.05, 4.69) is 10.4 Å². The summed E-state index contributed by atoms with van der Waals surface area (Å²) in [4.78, 5) is 40.6. The molecule has 0 radical (unpaired) electrons. The second-order valence-electron chi connectivity index (χ2n) is 8.66. The van der Waals surface area contributed by atoms with Crippen molar-refractivity contribution in [2.24, 2.45) is 0 Å². The van der Waals surface area contributed by atoms with Gasteiger partial charge in [-0.2, -0.15) is 5.10 Å². The molecule has 1 fully saturated rings. The maximum Gasteiger partial charge on any atom is 0.358 e. The molecule has 9 heteroatoms. The van der Waals surface area contributed by atoms with Crippen molar-refractivity contribution in [3.8, 4) is 0 Å². The molecule has 170 valence electrons. The number of nitrogens with one attached hydrogen (secondary N) is 1. The van der Waals surface area contributed by atoms with E-state index in [4.69, 9.17) is 16.3 Å². The Morgan fingerprint density at radius 1 is 1.22 bits per heavy atom. The zero-order valence-corrected chi connectivity index (χ0v) is 19.0. The van der Waals surface area contributed by atoms with Crippen molar-refractivity contribution in [3.05, 3.63) is 52.3 Å². The molecule has 8 nitrogen and oxygen atoms in total. The van der Waals surface area contributed by atoms with Crippen LogP contribution in [0.3, 0.4) is 0 Å². The molecule has 2 heterocycles. The van der Waals surface area contributed by atoms with Gasteiger partial charge in [0.25, 0.3) is 5.91 Å². The van der Waals surface area contributed by atoms with Gasteiger partial charge >= 0.3 is 5.97 Å². The van der Waals surface area contributed by atoms with Crippen LogP contribution in [0.25, 0.3) is 0 Å². The lowest BCUT2D eigenvalue weighted by molar-refractivity contribution is -0.134. The summed E-state index contributed by atoms with van der Waals surface area (Å²) in [5, 5.41) is 8.00. The number of aromatic nitrogens is 2. The number of hydrogen-bond donors (Lipinski definition) is 1. The van der Waals surface area contributed by atoms with Crippen LogP contribution in [0, 0.1) is 0 Å². The topological polar surface area (TPSA) is 93.5 Å². The number of methoxy groups -OCH3 is 1. The Hall–Kier alpha value is -2.87. The standard InChI is InChI=1S/C23H27ClN4O4/c1-23(22(31)25-17-6-4-3-5-7-17)14-28-19(12-18(26-28)21(30)32-2)20(29)27(23)13-15-8-10-16(24)11-9-15/h8-12,17H,3-7,13-14H2,1-2H3,(H,25,31)/t23-/m1/s1. The maximum absolute atomic E-state index is 13.5. The summed E-state index contributed by atoms with van der Waals surface area (Å²) >= 11 is 6.01. The van der Waals surface area contributed by atoms with Crippen molar-refractivity contribution in [3.63, 3.8) is 0 Å². The van der Waals surface area contributed by atoms with Crippen LogP contribution in [-0.4, -0.2) is 51.2 Å². The van der Waals surface area contributed by atoms with Gasteiger partial charge in [0, 0.05) is 23.7 Å². The lowest BCUT2D eigenvalue weighted by Crippen LogP contribution is -2.64. The number of hydrogen-bond acceptors (Lipinski definition) is 5. The first-order chi connectivity index (χ1) is 15.3. The fraction of sp³-hybridized carbons (Fsp3) is 0.478. The van der Waals surface area contributed by atoms with Crippen LogP contribution in [0.5, 0.6) is 0 Å². The second-order valence-corrected chi connectivity index (χ2v) is 9.10. The summed E-state index contributed by atoms with van der Waals surface area (Å²) < 4.78 is 6.19. The number of benzene rings is 1. The van der Waals surface area contributed by atoms with Gasteiger partial charge in [-0.25, -0.2) is 4.79 Å². The molecular formula is C23H27ClN4O4. The third-order valence-electron chi connectivity index (χ3n) is 6.38. The Kier molecular flexibility index (Phi) is 6.24. The molecule has 0 saturated heterocycles. The third kappa shape index (κ3) is 4.24. The summed E-state index contributed by atoms with van der Waals surface area (Å²) in [6, 6.07) is 8.70. The number of ether oxygens (including phenoxy) is 1. The molecule has 2 amide bonds. The highest BCUT2D eigenvalue weighted by Gasteiger charge is 2.48. The number of rotatable bonds is 5. The highest BCUT2D eigenvalue weighted by molar-refractivity contribution is 6.30. The van der Waals surface area contributed by atoms with Crippen LogP contribution in [0.4, 0.5) is 0 Å². The SMILES string of the molecule is COC(=O)c1cc2n(n1)C[C@](C)(C(=O)NC1CCCCC1)N(Cc1ccc(Cl)cc1)C2=O. The Morgan fingerprint density at radius 3 is 2.56 bits per heavy atom. The zero-order valence-electron chi connectivity index (χ0n) is 18.3. The smallest absolute Gasteiger partial charge is 0.358 e. The van der Waals surface area contributed by atoms with Crippen molar-refractivity contribution in [2.75, 3.05) is 7.11 Å². The molecule has 32 heavy (non-hydrogen) atoms. The normalized spacial score (nSPS) is 21.2. The first-order valence-electron chi connectivity index (χ1n) is 10.9. The Bertz CT molecular complexity index is 1030. The summed E-state index contributed by atoms with van der Waals surface area (Å²) in [7, 11) is 1.26. The summed E-state index contributed by atoms with van der Waals surface area (Å²) in [5.41, 5.74) is -0.0391. The number of esters is 1. The number of fused-ring (bicyclic) bond motifs is 1. The highest BCUT2D eigenvalue weighted by Crippen LogP contribution is 2.30. The number of amides is 2. The van der Waals surface area contributed by atoms with Gasteiger partial charge in [0.05, 0.1) is 13.7 Å². The predicted octanol–water partition coefficient (Wildman–Crippen LogP) is 3.19. The van der Waals surface area contributed by atoms with Crippen molar-refractivity contribution in [2.45, 2.75) is 63.7 Å². The van der Waals surface area contributed by atoms with Crippen molar-refractivity contribution in [1.82, 2.24) is 20.0 Å². The minimum atomic E-state index is -1.18. The molecule has 2 aromatic rings. The first kappa shape index (κ1) is 22.3. The van der Waals surface area contributed by atoms with E-state index in [1.165, 1.54) is 24.3 Å². The first-order valence-corrected chi connectivity index (χ1v) is 11.2. The zero-order chi connectivity index (χ0) is 22.9. The second kappa shape index (κ2) is 8.94. The van der Waals surface area contributed by atoms with E-state index in [9.17, 15) is 14.4 Å². The Balaban J connectivity index is 1.69. The number of carbonyl (C=O) groups is 3. The van der Waals surface area contributed by atoms with E-state index in [1.54, 1.807) is 24.0 Å². The fourth-order valence-corrected chi connectivity index (χ4v) is 4.58. The van der Waals surface area contributed by atoms with E-state index in [0.29, 0.717) is 5.02 Å². The summed E-state index contributed by atoms with van der Waals surface area (Å²) in [6.07, 6.45) is 5.22. The lowest BCUT2D eigenvalue weighted by Gasteiger charge is -2.44. The van der Waals surface area contributed by atoms with Gasteiger partial charge in [-0.05, 0) is 37.5 Å². The molecule has 0 bridgehead atoms. The van der Waals surface area contributed by atoms with Gasteiger partial charge in [-0.3, -0.25) is 14.3 Å². The van der Waals surface area contributed by atoms with Crippen LogP contribution in [0.1, 0.15) is 65.6 Å².